The SMILES string of the molecule is Cc1cnc(SCCN2CCOCC2)nc1[C@@H]1CCCN(C(=O)c2ccoc2)C1. The van der Waals surface area contributed by atoms with E-state index in [4.69, 9.17) is 14.1 Å². The number of piperidine rings is 1. The van der Waals surface area contributed by atoms with Gasteiger partial charge in [-0.3, -0.25) is 9.69 Å². The Morgan fingerprint density at radius 2 is 2.17 bits per heavy atom. The van der Waals surface area contributed by atoms with Crippen molar-refractivity contribution in [3.05, 3.63) is 41.6 Å². The van der Waals surface area contributed by atoms with Crippen LogP contribution in [0.2, 0.25) is 0 Å². The van der Waals surface area contributed by atoms with Crippen molar-refractivity contribution in [1.29, 1.82) is 0 Å². The van der Waals surface area contributed by atoms with E-state index < -0.39 is 0 Å². The van der Waals surface area contributed by atoms with Crippen molar-refractivity contribution in [2.45, 2.75) is 30.8 Å². The number of thioether (sulfide) groups is 1. The van der Waals surface area contributed by atoms with Gasteiger partial charge in [0.05, 0.1) is 30.7 Å². The molecule has 0 bridgehead atoms. The number of hydrogen-bond donors (Lipinski definition) is 0. The second kappa shape index (κ2) is 9.73. The van der Waals surface area contributed by atoms with E-state index >= 15 is 0 Å². The Kier molecular flexibility index (Phi) is 6.84. The highest BCUT2D eigenvalue weighted by Crippen LogP contribution is 2.29. The highest BCUT2D eigenvalue weighted by molar-refractivity contribution is 7.99. The van der Waals surface area contributed by atoms with Crippen LogP contribution in [0.15, 0.2) is 34.4 Å². The number of rotatable bonds is 6. The molecular weight excluding hydrogens is 388 g/mol. The zero-order valence-corrected chi connectivity index (χ0v) is 17.7. The lowest BCUT2D eigenvalue weighted by atomic mass is 9.92. The molecule has 2 aliphatic heterocycles. The van der Waals surface area contributed by atoms with Gasteiger partial charge < -0.3 is 14.1 Å². The van der Waals surface area contributed by atoms with Gasteiger partial charge in [0, 0.05) is 50.6 Å². The first kappa shape index (κ1) is 20.4. The molecule has 2 aliphatic rings. The number of carbonyl (C=O) groups is 1. The van der Waals surface area contributed by atoms with Crippen molar-refractivity contribution >= 4 is 17.7 Å². The van der Waals surface area contributed by atoms with Gasteiger partial charge in [-0.15, -0.1) is 0 Å². The molecule has 2 fully saturated rings. The molecule has 0 spiro atoms. The number of aryl methyl sites for hydroxylation is 1. The Hall–Kier alpha value is -1.90. The Bertz CT molecular complexity index is 808. The quantitative estimate of drug-likeness (QED) is 0.530. The average molecular weight is 417 g/mol. The van der Waals surface area contributed by atoms with E-state index in [0.29, 0.717) is 12.1 Å². The summed E-state index contributed by atoms with van der Waals surface area (Å²) in [5, 5.41) is 0.831. The van der Waals surface area contributed by atoms with Crippen LogP contribution in [0.4, 0.5) is 0 Å². The smallest absolute Gasteiger partial charge is 0.257 e. The molecule has 4 rings (SSSR count). The van der Waals surface area contributed by atoms with Crippen LogP contribution in [0, 0.1) is 6.92 Å². The number of likely N-dealkylation sites (tertiary alicyclic amines) is 1. The predicted octanol–water partition coefficient (Wildman–Crippen LogP) is 2.82. The number of furan rings is 1. The van der Waals surface area contributed by atoms with E-state index in [2.05, 4.69) is 16.8 Å². The van der Waals surface area contributed by atoms with E-state index in [1.165, 1.54) is 6.26 Å². The number of ether oxygens (including phenoxy) is 1. The number of hydrogen-bond acceptors (Lipinski definition) is 7. The molecule has 8 heteroatoms. The third-order valence-corrected chi connectivity index (χ3v) is 6.44. The lowest BCUT2D eigenvalue weighted by Gasteiger charge is -2.33. The number of morpholine rings is 1. The van der Waals surface area contributed by atoms with Gasteiger partial charge in [-0.25, -0.2) is 9.97 Å². The molecule has 1 atom stereocenters. The number of aromatic nitrogens is 2. The molecule has 2 saturated heterocycles. The summed E-state index contributed by atoms with van der Waals surface area (Å²) in [5.41, 5.74) is 2.80. The summed E-state index contributed by atoms with van der Waals surface area (Å²) in [7, 11) is 0. The minimum atomic E-state index is 0.0373. The van der Waals surface area contributed by atoms with Crippen LogP contribution in [0.3, 0.4) is 0 Å². The summed E-state index contributed by atoms with van der Waals surface area (Å²) in [6.45, 7) is 8.22. The van der Waals surface area contributed by atoms with Crippen molar-refractivity contribution in [3.63, 3.8) is 0 Å². The first-order chi connectivity index (χ1) is 14.2. The van der Waals surface area contributed by atoms with Gasteiger partial charge in [0.1, 0.15) is 6.26 Å². The maximum Gasteiger partial charge on any atom is 0.257 e. The minimum Gasteiger partial charge on any atom is -0.472 e. The molecule has 156 valence electrons. The van der Waals surface area contributed by atoms with Crippen molar-refractivity contribution < 1.29 is 13.9 Å². The molecule has 0 radical (unpaired) electrons. The van der Waals surface area contributed by atoms with Crippen LogP contribution in [0.5, 0.6) is 0 Å². The fourth-order valence-corrected chi connectivity index (χ4v) is 4.79. The third kappa shape index (κ3) is 5.18. The summed E-state index contributed by atoms with van der Waals surface area (Å²) in [4.78, 5) is 26.5. The van der Waals surface area contributed by atoms with E-state index in [0.717, 1.165) is 74.4 Å². The van der Waals surface area contributed by atoms with Gasteiger partial charge >= 0.3 is 0 Å². The topological polar surface area (TPSA) is 71.7 Å². The highest BCUT2D eigenvalue weighted by Gasteiger charge is 2.28. The standard InChI is InChI=1S/C21H28N4O3S/c1-16-13-22-21(29-12-8-24-6-10-27-11-7-24)23-19(16)17-3-2-5-25(14-17)20(26)18-4-9-28-15-18/h4,9,13,15,17H,2-3,5-8,10-12,14H2,1H3/t17-/m1/s1. The van der Waals surface area contributed by atoms with E-state index in [9.17, 15) is 4.79 Å². The van der Waals surface area contributed by atoms with Crippen molar-refractivity contribution in [2.24, 2.45) is 0 Å². The van der Waals surface area contributed by atoms with E-state index in [1.54, 1.807) is 24.1 Å². The normalized spacial score (nSPS) is 20.7. The fraction of sp³-hybridized carbons (Fsp3) is 0.571. The largest absolute Gasteiger partial charge is 0.472 e. The van der Waals surface area contributed by atoms with Crippen LogP contribution in [0.1, 0.15) is 40.4 Å². The third-order valence-electron chi connectivity index (χ3n) is 5.59. The van der Waals surface area contributed by atoms with Crippen LogP contribution < -0.4 is 0 Å². The monoisotopic (exact) mass is 416 g/mol. The molecule has 0 aliphatic carbocycles. The summed E-state index contributed by atoms with van der Waals surface area (Å²) in [6, 6.07) is 1.73. The fourth-order valence-electron chi connectivity index (χ4n) is 3.97. The summed E-state index contributed by atoms with van der Waals surface area (Å²) >= 11 is 1.71. The second-order valence-corrected chi connectivity index (χ2v) is 8.69. The van der Waals surface area contributed by atoms with Crippen LogP contribution in [-0.2, 0) is 4.74 Å². The molecule has 0 aromatic carbocycles. The Labute approximate surface area is 175 Å². The summed E-state index contributed by atoms with van der Waals surface area (Å²) in [5.74, 6) is 1.26. The predicted molar refractivity (Wildman–Crippen MR) is 111 cm³/mol. The van der Waals surface area contributed by atoms with Gasteiger partial charge in [0.15, 0.2) is 5.16 Å². The molecular formula is C21H28N4O3S. The molecule has 2 aromatic rings. The second-order valence-electron chi connectivity index (χ2n) is 7.63. The molecule has 4 heterocycles. The first-order valence-electron chi connectivity index (χ1n) is 10.3. The lowest BCUT2D eigenvalue weighted by Crippen LogP contribution is -2.39. The van der Waals surface area contributed by atoms with Gasteiger partial charge in [-0.05, 0) is 31.4 Å². The zero-order valence-electron chi connectivity index (χ0n) is 16.9. The average Bonchev–Trinajstić information content (AvgIpc) is 3.30. The van der Waals surface area contributed by atoms with Gasteiger partial charge in [-0.1, -0.05) is 11.8 Å². The van der Waals surface area contributed by atoms with Gasteiger partial charge in [0.25, 0.3) is 5.91 Å². The zero-order chi connectivity index (χ0) is 20.1. The van der Waals surface area contributed by atoms with Gasteiger partial charge in [0.2, 0.25) is 0 Å². The van der Waals surface area contributed by atoms with E-state index in [-0.39, 0.29) is 11.8 Å². The summed E-state index contributed by atoms with van der Waals surface area (Å²) in [6.07, 6.45) is 7.02. The van der Waals surface area contributed by atoms with E-state index in [1.807, 2.05) is 11.1 Å². The molecule has 2 aromatic heterocycles. The van der Waals surface area contributed by atoms with Crippen LogP contribution in [-0.4, -0.2) is 77.4 Å². The first-order valence-corrected chi connectivity index (χ1v) is 11.3. The molecule has 0 saturated carbocycles. The number of amides is 1. The Morgan fingerprint density at radius 1 is 1.31 bits per heavy atom. The Morgan fingerprint density at radius 3 is 2.97 bits per heavy atom. The van der Waals surface area contributed by atoms with Gasteiger partial charge in [-0.2, -0.15) is 0 Å². The molecule has 0 N–H and O–H groups in total. The van der Waals surface area contributed by atoms with Crippen LogP contribution in [0.25, 0.3) is 0 Å². The van der Waals surface area contributed by atoms with Crippen LogP contribution >= 0.6 is 11.8 Å². The van der Waals surface area contributed by atoms with Crippen molar-refractivity contribution in [2.75, 3.05) is 51.7 Å². The molecule has 29 heavy (non-hydrogen) atoms. The van der Waals surface area contributed by atoms with Crippen molar-refractivity contribution in [3.8, 4) is 0 Å². The molecule has 1 amide bonds. The van der Waals surface area contributed by atoms with Crippen molar-refractivity contribution in [1.82, 2.24) is 19.8 Å². The number of carbonyl (C=O) groups excluding carboxylic acids is 1. The minimum absolute atomic E-state index is 0.0373. The highest BCUT2D eigenvalue weighted by atomic mass is 32.2. The maximum atomic E-state index is 12.7. The molecule has 7 nitrogen and oxygen atoms in total. The summed E-state index contributed by atoms with van der Waals surface area (Å²) < 4.78 is 10.5. The lowest BCUT2D eigenvalue weighted by molar-refractivity contribution is 0.0410. The Balaban J connectivity index is 1.38. The molecule has 0 unspecified atom stereocenters. The maximum absolute atomic E-state index is 12.7. The number of nitrogens with zero attached hydrogens (tertiary/aromatic N) is 4.